The molecule has 10 nitrogen and oxygen atoms in total. The normalized spacial score (nSPS) is 16.8. The minimum absolute atomic E-state index is 0.0130. The van der Waals surface area contributed by atoms with E-state index in [2.05, 4.69) is 15.6 Å². The molecule has 1 aromatic heterocycles. The fourth-order valence-corrected chi connectivity index (χ4v) is 4.75. The Kier molecular flexibility index (Phi) is 13.2. The molecule has 0 bridgehead atoms. The third-order valence-electron chi connectivity index (χ3n) is 6.99. The minimum Gasteiger partial charge on any atom is -0.391 e. The third-order valence-corrected chi connectivity index (χ3v) is 6.99. The number of aliphatic hydroxyl groups excluding tert-OH is 4. The monoisotopic (exact) mass is 581 g/mol. The molecule has 0 aliphatic carbocycles. The van der Waals surface area contributed by atoms with Gasteiger partial charge in [-0.3, -0.25) is 14.6 Å². The van der Waals surface area contributed by atoms with Gasteiger partial charge in [-0.15, -0.1) is 0 Å². The van der Waals surface area contributed by atoms with Crippen molar-refractivity contribution in [3.63, 3.8) is 0 Å². The van der Waals surface area contributed by atoms with Crippen molar-refractivity contribution in [1.82, 2.24) is 15.6 Å². The van der Waals surface area contributed by atoms with Gasteiger partial charge in [0.05, 0.1) is 6.10 Å². The lowest BCUT2D eigenvalue weighted by atomic mass is 9.88. The zero-order valence-corrected chi connectivity index (χ0v) is 23.5. The van der Waals surface area contributed by atoms with Crippen molar-refractivity contribution in [2.24, 2.45) is 5.92 Å². The number of benzene rings is 1. The van der Waals surface area contributed by atoms with Crippen molar-refractivity contribution in [1.29, 1.82) is 0 Å². The molecule has 1 heterocycles. The summed E-state index contributed by atoms with van der Waals surface area (Å²) in [6.45, 7) is 5.14. The van der Waals surface area contributed by atoms with E-state index in [1.165, 1.54) is 12.3 Å². The van der Waals surface area contributed by atoms with Gasteiger partial charge in [0.2, 0.25) is 5.91 Å². The predicted molar refractivity (Wildman–Crippen MR) is 146 cm³/mol. The summed E-state index contributed by atoms with van der Waals surface area (Å²) in [5, 5.41) is 58.0. The van der Waals surface area contributed by atoms with E-state index in [0.717, 1.165) is 32.6 Å². The van der Waals surface area contributed by atoms with Crippen molar-refractivity contribution in [3.05, 3.63) is 65.5 Å². The second kappa shape index (κ2) is 15.8. The van der Waals surface area contributed by atoms with Gasteiger partial charge in [0.25, 0.3) is 5.91 Å². The molecule has 0 radical (unpaired) electrons. The Morgan fingerprint density at radius 3 is 2.07 bits per heavy atom. The van der Waals surface area contributed by atoms with Gasteiger partial charge in [0.1, 0.15) is 41.7 Å². The Labute approximate surface area is 238 Å². The molecule has 0 aliphatic heterocycles. The molecule has 0 saturated heterocycles. The van der Waals surface area contributed by atoms with Gasteiger partial charge in [-0.25, -0.2) is 8.78 Å². The van der Waals surface area contributed by atoms with Crippen LogP contribution in [0.3, 0.4) is 0 Å². The lowest BCUT2D eigenvalue weighted by Crippen LogP contribution is -2.67. The van der Waals surface area contributed by atoms with Crippen LogP contribution in [0.15, 0.2) is 42.6 Å². The van der Waals surface area contributed by atoms with Gasteiger partial charge in [0.15, 0.2) is 5.72 Å². The highest BCUT2D eigenvalue weighted by molar-refractivity contribution is 5.96. The molecule has 2 amide bonds. The first-order chi connectivity index (χ1) is 19.3. The molecule has 2 rings (SSSR count). The van der Waals surface area contributed by atoms with E-state index in [1.807, 2.05) is 13.8 Å². The fourth-order valence-electron chi connectivity index (χ4n) is 4.75. The molecule has 6 atom stereocenters. The van der Waals surface area contributed by atoms with Crippen LogP contribution in [-0.4, -0.2) is 72.4 Å². The smallest absolute Gasteiger partial charge is 0.270 e. The summed E-state index contributed by atoms with van der Waals surface area (Å²) in [7, 11) is 0. The van der Waals surface area contributed by atoms with Crippen molar-refractivity contribution in [2.75, 3.05) is 0 Å². The molecule has 0 spiro atoms. The summed E-state index contributed by atoms with van der Waals surface area (Å²) in [4.78, 5) is 30.5. The topological polar surface area (TPSA) is 172 Å². The second-order valence-corrected chi connectivity index (χ2v) is 10.4. The number of aliphatic hydroxyl groups is 5. The lowest BCUT2D eigenvalue weighted by molar-refractivity contribution is -0.210. The molecule has 41 heavy (non-hydrogen) atoms. The molecule has 1 aromatic carbocycles. The van der Waals surface area contributed by atoms with Crippen LogP contribution in [0.2, 0.25) is 0 Å². The van der Waals surface area contributed by atoms with E-state index in [9.17, 15) is 43.9 Å². The van der Waals surface area contributed by atoms with E-state index >= 15 is 0 Å². The zero-order chi connectivity index (χ0) is 30.7. The number of nitrogens with zero attached hydrogens (tertiary/aromatic N) is 1. The number of pyridine rings is 1. The number of carbonyl (C=O) groups is 2. The Balaban J connectivity index is 2.46. The molecular weight excluding hydrogens is 540 g/mol. The second-order valence-electron chi connectivity index (χ2n) is 10.4. The molecular formula is C29H41F2N3O7. The number of nitrogens with one attached hydrogen (secondary N) is 2. The van der Waals surface area contributed by atoms with Crippen LogP contribution in [-0.2, 0) is 4.79 Å². The number of halogens is 2. The number of amides is 2. The fraction of sp³-hybridized carbons (Fsp3) is 0.552. The Morgan fingerprint density at radius 2 is 1.56 bits per heavy atom. The Morgan fingerprint density at radius 1 is 0.951 bits per heavy atom. The van der Waals surface area contributed by atoms with Gasteiger partial charge in [-0.05, 0) is 55.5 Å². The van der Waals surface area contributed by atoms with E-state index in [0.29, 0.717) is 24.6 Å². The van der Waals surface area contributed by atoms with E-state index < -0.39 is 65.2 Å². The van der Waals surface area contributed by atoms with Gasteiger partial charge in [0, 0.05) is 12.3 Å². The average molecular weight is 582 g/mol. The maximum Gasteiger partial charge on any atom is 0.270 e. The standard InChI is InChI=1S/C29H41F2N3O7/c1-4-8-18(9-5-2)11-12-23(33-27(39)22-10-6-7-13-32-22)28(40)34-29(41,26(38)24(36)17(3)35)25(37)19-14-20(30)16-21(31)15-19/h6-7,10,13-18,23-26,35-38,41H,4-5,8-9,11-12H2,1-3H3,(H,33,39)(H,34,40)/t17-,23-,24-,25?,26+,29+/m1/s1. The van der Waals surface area contributed by atoms with Gasteiger partial charge < -0.3 is 36.2 Å². The van der Waals surface area contributed by atoms with Crippen molar-refractivity contribution in [2.45, 2.75) is 95.5 Å². The largest absolute Gasteiger partial charge is 0.391 e. The first kappa shape index (κ1) is 34.2. The summed E-state index contributed by atoms with van der Waals surface area (Å²) in [6, 6.07) is 5.17. The van der Waals surface area contributed by atoms with Crippen molar-refractivity contribution >= 4 is 11.8 Å². The van der Waals surface area contributed by atoms with Crippen LogP contribution >= 0.6 is 0 Å². The predicted octanol–water partition coefficient (Wildman–Crippen LogP) is 2.10. The summed E-state index contributed by atoms with van der Waals surface area (Å²) in [5.41, 5.74) is -3.71. The maximum atomic E-state index is 13.9. The van der Waals surface area contributed by atoms with Crippen molar-refractivity contribution in [3.8, 4) is 0 Å². The summed E-state index contributed by atoms with van der Waals surface area (Å²) in [6.07, 6.45) is -2.99. The zero-order valence-electron chi connectivity index (χ0n) is 23.5. The first-order valence-electron chi connectivity index (χ1n) is 13.8. The molecule has 0 saturated carbocycles. The molecule has 12 heteroatoms. The van der Waals surface area contributed by atoms with E-state index in [4.69, 9.17) is 0 Å². The molecule has 228 valence electrons. The molecule has 2 aromatic rings. The quantitative estimate of drug-likeness (QED) is 0.148. The Bertz CT molecular complexity index is 1100. The lowest BCUT2D eigenvalue weighted by Gasteiger charge is -2.41. The highest BCUT2D eigenvalue weighted by atomic mass is 19.1. The number of hydrogen-bond acceptors (Lipinski definition) is 8. The van der Waals surface area contributed by atoms with Gasteiger partial charge in [-0.2, -0.15) is 0 Å². The minimum atomic E-state index is -3.16. The first-order valence-corrected chi connectivity index (χ1v) is 13.8. The highest BCUT2D eigenvalue weighted by Gasteiger charge is 2.50. The number of hydrogen-bond donors (Lipinski definition) is 7. The average Bonchev–Trinajstić information content (AvgIpc) is 2.93. The van der Waals surface area contributed by atoms with Crippen LogP contribution in [0, 0.1) is 17.6 Å². The van der Waals surface area contributed by atoms with Crippen LogP contribution < -0.4 is 10.6 Å². The Hall–Kier alpha value is -3.03. The maximum absolute atomic E-state index is 13.9. The third kappa shape index (κ3) is 9.50. The van der Waals surface area contributed by atoms with Crippen LogP contribution in [0.5, 0.6) is 0 Å². The summed E-state index contributed by atoms with van der Waals surface area (Å²) in [5.74, 6) is -3.76. The van der Waals surface area contributed by atoms with E-state index in [-0.39, 0.29) is 18.0 Å². The number of aromatic nitrogens is 1. The van der Waals surface area contributed by atoms with Crippen LogP contribution in [0.1, 0.15) is 81.5 Å². The highest BCUT2D eigenvalue weighted by Crippen LogP contribution is 2.31. The summed E-state index contributed by atoms with van der Waals surface area (Å²) < 4.78 is 27.9. The van der Waals surface area contributed by atoms with Gasteiger partial charge in [-0.1, -0.05) is 45.6 Å². The number of carbonyl (C=O) groups excluding carboxylic acids is 2. The SMILES string of the molecule is CCCC(CCC)CC[C@@H](NC(=O)c1ccccn1)C(=O)N[C@](O)(C(O)c1cc(F)cc(F)c1)[C@@H](O)[C@H](O)[C@@H](C)O. The number of rotatable bonds is 16. The molecule has 0 aliphatic rings. The van der Waals surface area contributed by atoms with Crippen LogP contribution in [0.4, 0.5) is 8.78 Å². The molecule has 1 unspecified atom stereocenters. The van der Waals surface area contributed by atoms with Crippen LogP contribution in [0.25, 0.3) is 0 Å². The molecule has 7 N–H and O–H groups in total. The van der Waals surface area contributed by atoms with Crippen molar-refractivity contribution < 1.29 is 43.9 Å². The van der Waals surface area contributed by atoms with Gasteiger partial charge >= 0.3 is 0 Å². The summed E-state index contributed by atoms with van der Waals surface area (Å²) >= 11 is 0. The molecule has 0 fully saturated rings. The van der Waals surface area contributed by atoms with E-state index in [1.54, 1.807) is 12.1 Å².